The molecule has 0 heterocycles. The zero-order valence-corrected chi connectivity index (χ0v) is 29.1. The number of hydrogen-bond donors (Lipinski definition) is 0. The van der Waals surface area contributed by atoms with E-state index in [0.717, 1.165) is 51.7 Å². The minimum absolute atomic E-state index is 0.443. The maximum absolute atomic E-state index is 6.18. The number of hydrogen-bond acceptors (Lipinski definition) is 4. The monoisotopic (exact) mass is 564 g/mol. The van der Waals surface area contributed by atoms with Crippen LogP contribution in [-0.4, -0.2) is 53.4 Å². The molecule has 0 aromatic rings. The molecule has 2 aliphatic carbocycles. The van der Waals surface area contributed by atoms with Crippen LogP contribution in [0.3, 0.4) is 0 Å². The van der Waals surface area contributed by atoms with E-state index in [1.807, 2.05) is 0 Å². The molecule has 222 valence electrons. The molecule has 0 spiro atoms. The molecular weight excluding hydrogens is 501 g/mol. The fourth-order valence-corrected chi connectivity index (χ4v) is 7.82. The third-order valence-corrected chi connectivity index (χ3v) is 10.7. The summed E-state index contributed by atoms with van der Waals surface area (Å²) in [6.07, 6.45) is 14.6. The van der Waals surface area contributed by atoms with Crippen LogP contribution in [0.1, 0.15) is 105 Å². The number of unbranched alkanes of at least 4 members (excludes halogenated alkanes) is 2. The van der Waals surface area contributed by atoms with Crippen LogP contribution in [0.15, 0.2) is 9.98 Å². The highest BCUT2D eigenvalue weighted by atomic mass is 28.4. The van der Waals surface area contributed by atoms with E-state index >= 15 is 0 Å². The maximum Gasteiger partial charge on any atom is 0.183 e. The van der Waals surface area contributed by atoms with E-state index in [9.17, 15) is 0 Å². The minimum atomic E-state index is -1.46. The summed E-state index contributed by atoms with van der Waals surface area (Å²) >= 11 is 0. The standard InChI is InChI=1S/C32H64N2O2Si2/c1-25-17-15-18-26(2)31(25)33-29(21-11-13-23-35-37(5,6)7)30(22-12-14-24-36-38(8,9)10)34-32-27(3)19-16-20-28(32)4/h25-28,31-32H,11-24H2,1-10H3. The van der Waals surface area contributed by atoms with Crippen molar-refractivity contribution in [2.45, 2.75) is 156 Å². The molecule has 2 fully saturated rings. The van der Waals surface area contributed by atoms with E-state index in [-0.39, 0.29) is 0 Å². The molecule has 0 saturated heterocycles. The third-order valence-electron chi connectivity index (χ3n) is 8.60. The molecule has 4 atom stereocenters. The summed E-state index contributed by atoms with van der Waals surface area (Å²) in [4.78, 5) is 11.3. The van der Waals surface area contributed by atoms with Crippen molar-refractivity contribution in [3.63, 3.8) is 0 Å². The Labute approximate surface area is 239 Å². The highest BCUT2D eigenvalue weighted by Crippen LogP contribution is 2.34. The van der Waals surface area contributed by atoms with Crippen LogP contribution in [0, 0.1) is 23.7 Å². The summed E-state index contributed by atoms with van der Waals surface area (Å²) in [6, 6.07) is 0.886. The molecule has 2 rings (SSSR count). The lowest BCUT2D eigenvalue weighted by Crippen LogP contribution is -2.33. The van der Waals surface area contributed by atoms with Crippen LogP contribution in [0.5, 0.6) is 0 Å². The fraction of sp³-hybridized carbons (Fsp3) is 0.938. The van der Waals surface area contributed by atoms with Gasteiger partial charge in [-0.3, -0.25) is 9.98 Å². The molecular formula is C32H64N2O2Si2. The van der Waals surface area contributed by atoms with Gasteiger partial charge in [0.25, 0.3) is 0 Å². The topological polar surface area (TPSA) is 43.2 Å². The second-order valence-electron chi connectivity index (χ2n) is 14.7. The van der Waals surface area contributed by atoms with Crippen LogP contribution >= 0.6 is 0 Å². The van der Waals surface area contributed by atoms with E-state index in [1.165, 1.54) is 49.9 Å². The van der Waals surface area contributed by atoms with Crippen molar-refractivity contribution in [3.8, 4) is 0 Å². The van der Waals surface area contributed by atoms with Crippen molar-refractivity contribution < 1.29 is 8.85 Å². The summed E-state index contributed by atoms with van der Waals surface area (Å²) < 4.78 is 12.4. The van der Waals surface area contributed by atoms with Crippen molar-refractivity contribution in [2.24, 2.45) is 33.7 Å². The van der Waals surface area contributed by atoms with Gasteiger partial charge in [0.05, 0.1) is 23.5 Å². The summed E-state index contributed by atoms with van der Waals surface area (Å²) in [6.45, 7) is 25.2. The predicted octanol–water partition coefficient (Wildman–Crippen LogP) is 9.56. The Bertz CT molecular complexity index is 659. The van der Waals surface area contributed by atoms with Crippen molar-refractivity contribution >= 4 is 28.1 Å². The quantitative estimate of drug-likeness (QED) is 0.113. The maximum atomic E-state index is 6.18. The van der Waals surface area contributed by atoms with Gasteiger partial charge in [0.15, 0.2) is 16.6 Å². The highest BCUT2D eigenvalue weighted by molar-refractivity contribution is 6.70. The van der Waals surface area contributed by atoms with Crippen molar-refractivity contribution in [1.82, 2.24) is 0 Å². The highest BCUT2D eigenvalue weighted by Gasteiger charge is 2.30. The van der Waals surface area contributed by atoms with Gasteiger partial charge in [0, 0.05) is 13.2 Å². The number of nitrogens with zero attached hydrogens (tertiary/aromatic N) is 2. The molecule has 0 radical (unpaired) electrons. The van der Waals surface area contributed by atoms with Gasteiger partial charge >= 0.3 is 0 Å². The van der Waals surface area contributed by atoms with Crippen molar-refractivity contribution in [2.75, 3.05) is 13.2 Å². The lowest BCUT2D eigenvalue weighted by Gasteiger charge is -2.34. The van der Waals surface area contributed by atoms with Crippen molar-refractivity contribution in [3.05, 3.63) is 0 Å². The Hall–Kier alpha value is -0.306. The Morgan fingerprint density at radius 3 is 1.16 bits per heavy atom. The largest absolute Gasteiger partial charge is 0.418 e. The number of rotatable bonds is 15. The van der Waals surface area contributed by atoms with Crippen LogP contribution in [0.4, 0.5) is 0 Å². The van der Waals surface area contributed by atoms with Crippen LogP contribution in [-0.2, 0) is 8.85 Å². The Morgan fingerprint density at radius 1 is 0.553 bits per heavy atom. The Morgan fingerprint density at radius 2 is 0.868 bits per heavy atom. The normalized spacial score (nSPS) is 30.1. The van der Waals surface area contributed by atoms with E-state index < -0.39 is 16.6 Å². The molecule has 4 nitrogen and oxygen atoms in total. The smallest absolute Gasteiger partial charge is 0.183 e. The first-order chi connectivity index (χ1) is 17.8. The van der Waals surface area contributed by atoms with Crippen molar-refractivity contribution in [1.29, 1.82) is 0 Å². The zero-order chi connectivity index (χ0) is 28.3. The molecule has 0 amide bonds. The van der Waals surface area contributed by atoms with Gasteiger partial charge < -0.3 is 8.85 Å². The lowest BCUT2D eigenvalue weighted by molar-refractivity contribution is 0.251. The molecule has 38 heavy (non-hydrogen) atoms. The summed E-state index contributed by atoms with van der Waals surface area (Å²) in [5, 5.41) is 0. The van der Waals surface area contributed by atoms with Gasteiger partial charge in [-0.15, -0.1) is 0 Å². The van der Waals surface area contributed by atoms with Crippen LogP contribution < -0.4 is 0 Å². The lowest BCUT2D eigenvalue weighted by atomic mass is 9.78. The fourth-order valence-electron chi connectivity index (χ4n) is 6.31. The van der Waals surface area contributed by atoms with Gasteiger partial charge in [0.2, 0.25) is 0 Å². The van der Waals surface area contributed by atoms with E-state index in [1.54, 1.807) is 0 Å². The summed E-state index contributed by atoms with van der Waals surface area (Å²) in [5.74, 6) is 2.68. The SMILES string of the molecule is CC1CCCC(C)C1N=C(CCCCO[Si](C)(C)C)C(CCCCO[Si](C)(C)C)=NC1C(C)CCCC1C. The molecule has 4 unspecified atom stereocenters. The zero-order valence-electron chi connectivity index (χ0n) is 27.1. The average molecular weight is 565 g/mol. The summed E-state index contributed by atoms with van der Waals surface area (Å²) in [5.41, 5.74) is 2.67. The molecule has 6 heteroatoms. The molecule has 0 aromatic carbocycles. The third kappa shape index (κ3) is 12.9. The first-order valence-corrected chi connectivity index (χ1v) is 23.0. The van der Waals surface area contributed by atoms with Gasteiger partial charge in [-0.1, -0.05) is 40.5 Å². The minimum Gasteiger partial charge on any atom is -0.418 e. The van der Waals surface area contributed by atoms with Gasteiger partial charge in [-0.25, -0.2) is 0 Å². The predicted molar refractivity (Wildman–Crippen MR) is 173 cm³/mol. The second kappa shape index (κ2) is 16.2. The van der Waals surface area contributed by atoms with E-state index in [4.69, 9.17) is 18.8 Å². The first kappa shape index (κ1) is 33.9. The van der Waals surface area contributed by atoms with Gasteiger partial charge in [0.1, 0.15) is 0 Å². The molecule has 2 saturated carbocycles. The Kier molecular flexibility index (Phi) is 14.5. The van der Waals surface area contributed by atoms with Gasteiger partial charge in [-0.05, 0) is 127 Å². The Balaban J connectivity index is 2.27. The van der Waals surface area contributed by atoms with Crippen LogP contribution in [0.25, 0.3) is 0 Å². The molecule has 0 aliphatic heterocycles. The molecule has 0 aromatic heterocycles. The van der Waals surface area contributed by atoms with E-state index in [0.29, 0.717) is 35.8 Å². The molecule has 2 aliphatic rings. The summed E-state index contributed by atoms with van der Waals surface area (Å²) in [7, 11) is -2.91. The second-order valence-corrected chi connectivity index (χ2v) is 23.8. The number of aliphatic imine (C=N–C) groups is 2. The molecule has 0 N–H and O–H groups in total. The van der Waals surface area contributed by atoms with Crippen LogP contribution in [0.2, 0.25) is 39.3 Å². The van der Waals surface area contributed by atoms with Gasteiger partial charge in [-0.2, -0.15) is 0 Å². The molecule has 0 bridgehead atoms. The average Bonchev–Trinajstić information content (AvgIpc) is 2.79. The van der Waals surface area contributed by atoms with E-state index in [2.05, 4.69) is 67.0 Å². The first-order valence-electron chi connectivity index (χ1n) is 16.2.